The fourth-order valence-corrected chi connectivity index (χ4v) is 5.94. The number of carbonyl (C=O) groups is 6. The van der Waals surface area contributed by atoms with Gasteiger partial charge in [-0.05, 0) is 89.7 Å². The van der Waals surface area contributed by atoms with Crippen LogP contribution in [0.3, 0.4) is 0 Å². The molecule has 2 aromatic heterocycles. The van der Waals surface area contributed by atoms with Crippen LogP contribution in [0, 0.1) is 13.8 Å². The van der Waals surface area contributed by atoms with Gasteiger partial charge in [0.25, 0.3) is 0 Å². The zero-order valence-electron chi connectivity index (χ0n) is 33.0. The summed E-state index contributed by atoms with van der Waals surface area (Å²) in [7, 11) is 3.44. The van der Waals surface area contributed by atoms with Gasteiger partial charge in [0.1, 0.15) is 12.1 Å². The van der Waals surface area contributed by atoms with Gasteiger partial charge in [-0.25, -0.2) is 9.59 Å². The fourth-order valence-electron chi connectivity index (χ4n) is 5.94. The molecule has 15 heteroatoms. The summed E-state index contributed by atoms with van der Waals surface area (Å²) in [5.74, 6) is -3.16. The number of rotatable bonds is 20. The minimum Gasteiger partial charge on any atom is -0.480 e. The molecular weight excluding hydrogens is 732 g/mol. The van der Waals surface area contributed by atoms with E-state index in [1.54, 1.807) is 71.8 Å². The summed E-state index contributed by atoms with van der Waals surface area (Å²) in [5, 5.41) is 23.6. The van der Waals surface area contributed by atoms with Crippen molar-refractivity contribution in [1.29, 1.82) is 0 Å². The summed E-state index contributed by atoms with van der Waals surface area (Å²) in [6.07, 6.45) is 3.35. The van der Waals surface area contributed by atoms with Gasteiger partial charge in [-0.15, -0.1) is 0 Å². The molecule has 0 aliphatic carbocycles. The Kier molecular flexibility index (Phi) is 19.3. The van der Waals surface area contributed by atoms with E-state index in [2.05, 4.69) is 10.6 Å². The average molecular weight is 789 g/mol. The highest BCUT2D eigenvalue weighted by Gasteiger charge is 2.23. The van der Waals surface area contributed by atoms with Crippen molar-refractivity contribution in [2.75, 3.05) is 13.1 Å². The van der Waals surface area contributed by atoms with E-state index in [4.69, 9.17) is 11.5 Å². The second-order valence-corrected chi connectivity index (χ2v) is 13.8. The molecule has 4 aromatic rings. The number of carboxylic acid groups (broad SMARTS) is 2. The van der Waals surface area contributed by atoms with Gasteiger partial charge in [-0.1, -0.05) is 59.7 Å². The minimum absolute atomic E-state index is 0. The molecule has 2 atom stereocenters. The number of carbonyl (C=O) groups excluding carboxylic acids is 4. The van der Waals surface area contributed by atoms with E-state index in [1.165, 1.54) is 0 Å². The molecule has 2 amide bonds. The lowest BCUT2D eigenvalue weighted by Gasteiger charge is -2.15. The van der Waals surface area contributed by atoms with Crippen LogP contribution < -0.4 is 22.1 Å². The highest BCUT2D eigenvalue weighted by Crippen LogP contribution is 2.16. The zero-order chi connectivity index (χ0) is 41.4. The third kappa shape index (κ3) is 14.3. The molecule has 0 saturated carbocycles. The van der Waals surface area contributed by atoms with E-state index in [0.29, 0.717) is 85.5 Å². The Hall–Kier alpha value is -5.90. The molecule has 308 valence electrons. The van der Waals surface area contributed by atoms with Crippen LogP contribution in [0.4, 0.5) is 0 Å². The standard InChI is InChI=1S/2C21H27N3O4.H2O/c2*1-14-6-8-15(9-7-14)20(26)18-11-10-16(24(18)2)13-19(25)23-17(21(27)28)5-3-4-12-22;/h2*6-11,17H,3-5,12-13,22H2,1-2H3,(H,23,25)(H,27,28);1H2. The van der Waals surface area contributed by atoms with Crippen LogP contribution in [0.1, 0.15) is 93.1 Å². The van der Waals surface area contributed by atoms with Crippen LogP contribution in [0.15, 0.2) is 72.8 Å². The Labute approximate surface area is 332 Å². The van der Waals surface area contributed by atoms with Gasteiger partial charge in [-0.3, -0.25) is 19.2 Å². The van der Waals surface area contributed by atoms with Gasteiger partial charge in [0.15, 0.2) is 0 Å². The molecule has 0 bridgehead atoms. The normalized spacial score (nSPS) is 11.6. The first-order chi connectivity index (χ1) is 26.7. The van der Waals surface area contributed by atoms with E-state index in [-0.39, 0.29) is 29.9 Å². The van der Waals surface area contributed by atoms with Crippen molar-refractivity contribution < 1.29 is 44.5 Å². The molecule has 2 heterocycles. The lowest BCUT2D eigenvalue weighted by molar-refractivity contribution is -0.142. The Morgan fingerprint density at radius 1 is 0.561 bits per heavy atom. The monoisotopic (exact) mass is 788 g/mol. The summed E-state index contributed by atoms with van der Waals surface area (Å²) in [6, 6.07) is 19.5. The maximum absolute atomic E-state index is 12.7. The summed E-state index contributed by atoms with van der Waals surface area (Å²) >= 11 is 0. The van der Waals surface area contributed by atoms with Crippen LogP contribution in [0.25, 0.3) is 0 Å². The summed E-state index contributed by atoms with van der Waals surface area (Å²) in [4.78, 5) is 72.6. The smallest absolute Gasteiger partial charge is 0.326 e. The first-order valence-corrected chi connectivity index (χ1v) is 18.6. The number of aryl methyl sites for hydroxylation is 2. The molecule has 0 radical (unpaired) electrons. The average Bonchev–Trinajstić information content (AvgIpc) is 3.71. The Bertz CT molecular complexity index is 1820. The van der Waals surface area contributed by atoms with Crippen LogP contribution in [0.5, 0.6) is 0 Å². The fraction of sp³-hybridized carbons (Fsp3) is 0.381. The largest absolute Gasteiger partial charge is 0.480 e. The summed E-state index contributed by atoms with van der Waals surface area (Å²) in [5.41, 5.74) is 16.4. The van der Waals surface area contributed by atoms with Crippen molar-refractivity contribution >= 4 is 35.3 Å². The Balaban J connectivity index is 0.000000387. The SMILES string of the molecule is Cc1ccc(C(=O)c2ccc(CC(=O)NC(CCCCN)C(=O)O)n2C)cc1.Cc1ccc(C(=O)c2ccc(CC(=O)NC(CCCCN)C(=O)O)n2C)cc1.O. The zero-order valence-corrected chi connectivity index (χ0v) is 33.0. The number of hydrogen-bond acceptors (Lipinski definition) is 8. The number of nitrogens with two attached hydrogens (primary N) is 2. The Morgan fingerprint density at radius 2 is 0.895 bits per heavy atom. The van der Waals surface area contributed by atoms with Crippen molar-refractivity contribution in [1.82, 2.24) is 19.8 Å². The van der Waals surface area contributed by atoms with Gasteiger partial charge in [0.05, 0.1) is 24.2 Å². The predicted octanol–water partition coefficient (Wildman–Crippen LogP) is 2.79. The maximum Gasteiger partial charge on any atom is 0.326 e. The molecule has 57 heavy (non-hydrogen) atoms. The first-order valence-electron chi connectivity index (χ1n) is 18.6. The van der Waals surface area contributed by atoms with Crippen molar-refractivity contribution in [2.24, 2.45) is 25.6 Å². The molecule has 0 aliphatic heterocycles. The van der Waals surface area contributed by atoms with E-state index >= 15 is 0 Å². The van der Waals surface area contributed by atoms with Gasteiger partial charge < -0.3 is 46.9 Å². The van der Waals surface area contributed by atoms with Gasteiger partial charge in [-0.2, -0.15) is 0 Å². The van der Waals surface area contributed by atoms with E-state index in [0.717, 1.165) is 11.1 Å². The summed E-state index contributed by atoms with van der Waals surface area (Å²) in [6.45, 7) is 4.88. The molecule has 4 rings (SSSR count). The number of benzene rings is 2. The molecule has 10 N–H and O–H groups in total. The van der Waals surface area contributed by atoms with Crippen molar-refractivity contribution in [3.8, 4) is 0 Å². The lowest BCUT2D eigenvalue weighted by Crippen LogP contribution is -2.41. The number of nitrogens with zero attached hydrogens (tertiary/aromatic N) is 2. The molecule has 0 saturated heterocycles. The highest BCUT2D eigenvalue weighted by molar-refractivity contribution is 6.08. The number of amides is 2. The topological polar surface area (TPSA) is 260 Å². The molecule has 15 nitrogen and oxygen atoms in total. The highest BCUT2D eigenvalue weighted by atomic mass is 16.4. The molecule has 0 fully saturated rings. The van der Waals surface area contributed by atoms with Gasteiger partial charge in [0.2, 0.25) is 23.4 Å². The third-order valence-corrected chi connectivity index (χ3v) is 9.39. The number of unbranched alkanes of at least 4 members (excludes halogenated alkanes) is 2. The molecule has 0 spiro atoms. The van der Waals surface area contributed by atoms with Crippen molar-refractivity contribution in [3.63, 3.8) is 0 Å². The van der Waals surface area contributed by atoms with Crippen LogP contribution in [-0.4, -0.2) is 85.3 Å². The van der Waals surface area contributed by atoms with E-state index in [9.17, 15) is 39.0 Å². The van der Waals surface area contributed by atoms with Crippen LogP contribution in [-0.2, 0) is 46.1 Å². The second kappa shape index (κ2) is 23.2. The number of carboxylic acids is 2. The second-order valence-electron chi connectivity index (χ2n) is 13.8. The van der Waals surface area contributed by atoms with Crippen LogP contribution in [0.2, 0.25) is 0 Å². The number of ketones is 2. The molecule has 2 aromatic carbocycles. The quantitative estimate of drug-likeness (QED) is 0.0564. The molecular formula is C42H56N6O9. The van der Waals surface area contributed by atoms with Crippen molar-refractivity contribution in [2.45, 2.75) is 77.3 Å². The van der Waals surface area contributed by atoms with Gasteiger partial charge >= 0.3 is 11.9 Å². The van der Waals surface area contributed by atoms with Gasteiger partial charge in [0, 0.05) is 36.6 Å². The van der Waals surface area contributed by atoms with E-state index in [1.807, 2.05) is 38.1 Å². The van der Waals surface area contributed by atoms with Crippen LogP contribution >= 0.6 is 0 Å². The number of nitrogens with one attached hydrogen (secondary N) is 2. The molecule has 0 aliphatic rings. The predicted molar refractivity (Wildman–Crippen MR) is 216 cm³/mol. The maximum atomic E-state index is 12.7. The number of aliphatic carboxylic acids is 2. The minimum atomic E-state index is -1.06. The first kappa shape index (κ1) is 47.3. The summed E-state index contributed by atoms with van der Waals surface area (Å²) < 4.78 is 3.35. The molecule has 2 unspecified atom stereocenters. The number of aromatic nitrogens is 2. The number of hydrogen-bond donors (Lipinski definition) is 6. The Morgan fingerprint density at radius 3 is 1.19 bits per heavy atom. The van der Waals surface area contributed by atoms with Crippen molar-refractivity contribution in [3.05, 3.63) is 118 Å². The lowest BCUT2D eigenvalue weighted by atomic mass is 10.1. The van der Waals surface area contributed by atoms with E-state index < -0.39 is 35.8 Å². The third-order valence-electron chi connectivity index (χ3n) is 9.39.